The van der Waals surface area contributed by atoms with Crippen LogP contribution in [0.1, 0.15) is 98.3 Å². The van der Waals surface area contributed by atoms with Crippen molar-refractivity contribution in [2.75, 3.05) is 0 Å². The van der Waals surface area contributed by atoms with Gasteiger partial charge in [0.1, 0.15) is 5.75 Å². The highest BCUT2D eigenvalue weighted by molar-refractivity contribution is 7.39. The quantitative estimate of drug-likeness (QED) is 0.385. The van der Waals surface area contributed by atoms with Crippen LogP contribution in [0.2, 0.25) is 0 Å². The Labute approximate surface area is 190 Å². The fraction of sp³-hybridized carbons (Fsp3) is 0.556. The minimum atomic E-state index is -2.49. The maximum Gasteiger partial charge on any atom is 0.391 e. The van der Waals surface area contributed by atoms with E-state index < -0.39 is 8.60 Å². The summed E-state index contributed by atoms with van der Waals surface area (Å²) < 4.78 is 5.57. The monoisotopic (exact) mass is 444 g/mol. The molecule has 0 aromatic heterocycles. The van der Waals surface area contributed by atoms with Gasteiger partial charge in [0, 0.05) is 5.56 Å². The number of hydrogen-bond acceptors (Lipinski definition) is 3. The van der Waals surface area contributed by atoms with Crippen LogP contribution in [0.5, 0.6) is 5.75 Å². The first-order valence-electron chi connectivity index (χ1n) is 11.5. The topological polar surface area (TPSA) is 49.7 Å². The van der Waals surface area contributed by atoms with Gasteiger partial charge in [-0.1, -0.05) is 92.6 Å². The molecule has 2 aromatic carbocycles. The minimum Gasteiger partial charge on any atom is -0.427 e. The molecule has 0 aliphatic carbocycles. The predicted molar refractivity (Wildman–Crippen MR) is 134 cm³/mol. The zero-order chi connectivity index (χ0) is 23.6. The van der Waals surface area contributed by atoms with Gasteiger partial charge in [0.15, 0.2) is 0 Å². The summed E-state index contributed by atoms with van der Waals surface area (Å²) in [7, 11) is -2.49. The molecule has 0 aliphatic rings. The molecule has 2 aromatic rings. The Balaban J connectivity index is 2.89. The van der Waals surface area contributed by atoms with Gasteiger partial charge in [-0.05, 0) is 63.8 Å². The van der Waals surface area contributed by atoms with Crippen molar-refractivity contribution in [2.45, 2.75) is 97.8 Å². The molecule has 0 unspecified atom stereocenters. The fourth-order valence-corrected chi connectivity index (χ4v) is 4.27. The van der Waals surface area contributed by atoms with E-state index >= 15 is 0 Å². The lowest BCUT2D eigenvalue weighted by molar-refractivity contribution is 0.367. The molecule has 0 bridgehead atoms. The Morgan fingerprint density at radius 1 is 0.710 bits per heavy atom. The number of benzene rings is 2. The highest BCUT2D eigenvalue weighted by Gasteiger charge is 2.33. The lowest BCUT2D eigenvalue weighted by atomic mass is 9.70. The summed E-state index contributed by atoms with van der Waals surface area (Å²) >= 11 is 0. The standard InChI is InChI=1S/C27H41O3P/c1-10-25(4,5)20-15-13-19(14-16-20)23-21(26(6,7)11-2)17-18-22(30-31(28)29)24(23)27(8,9)12-3/h13-18,28-29H,10-12H2,1-9H3. The molecule has 0 saturated carbocycles. The molecule has 172 valence electrons. The van der Waals surface area contributed by atoms with E-state index in [0.29, 0.717) is 5.75 Å². The fourth-order valence-electron chi connectivity index (χ4n) is 3.94. The zero-order valence-electron chi connectivity index (χ0n) is 20.8. The Bertz CT molecular complexity index is 880. The summed E-state index contributed by atoms with van der Waals surface area (Å²) in [6, 6.07) is 12.9. The van der Waals surface area contributed by atoms with Gasteiger partial charge in [-0.25, -0.2) is 0 Å². The molecule has 0 saturated heterocycles. The summed E-state index contributed by atoms with van der Waals surface area (Å²) in [6.07, 6.45) is 2.98. The van der Waals surface area contributed by atoms with Crippen LogP contribution in [0.3, 0.4) is 0 Å². The zero-order valence-corrected chi connectivity index (χ0v) is 21.7. The van der Waals surface area contributed by atoms with E-state index in [1.807, 2.05) is 6.07 Å². The molecule has 2 rings (SSSR count). The molecule has 31 heavy (non-hydrogen) atoms. The molecular weight excluding hydrogens is 403 g/mol. The first-order valence-corrected chi connectivity index (χ1v) is 12.6. The van der Waals surface area contributed by atoms with Crippen LogP contribution in [0, 0.1) is 0 Å². The average Bonchev–Trinajstić information content (AvgIpc) is 2.72. The Hall–Kier alpha value is -1.41. The molecule has 2 N–H and O–H groups in total. The Morgan fingerprint density at radius 2 is 1.23 bits per heavy atom. The summed E-state index contributed by atoms with van der Waals surface area (Å²) in [6.45, 7) is 20.1. The minimum absolute atomic E-state index is 0.0308. The summed E-state index contributed by atoms with van der Waals surface area (Å²) in [5.74, 6) is 0.562. The molecular formula is C27H41O3P. The van der Waals surface area contributed by atoms with Crippen molar-refractivity contribution in [1.29, 1.82) is 0 Å². The summed E-state index contributed by atoms with van der Waals surface area (Å²) in [5, 5.41) is 0. The van der Waals surface area contributed by atoms with Crippen molar-refractivity contribution in [3.63, 3.8) is 0 Å². The van der Waals surface area contributed by atoms with Crippen molar-refractivity contribution in [3.8, 4) is 16.9 Å². The van der Waals surface area contributed by atoms with Gasteiger partial charge < -0.3 is 14.3 Å². The summed E-state index contributed by atoms with van der Waals surface area (Å²) in [4.78, 5) is 19.3. The van der Waals surface area contributed by atoms with Crippen LogP contribution in [-0.2, 0) is 16.2 Å². The second-order valence-electron chi connectivity index (χ2n) is 10.5. The van der Waals surface area contributed by atoms with Crippen molar-refractivity contribution in [1.82, 2.24) is 0 Å². The molecule has 3 nitrogen and oxygen atoms in total. The normalized spacial score (nSPS) is 13.0. The van der Waals surface area contributed by atoms with Crippen LogP contribution in [0.15, 0.2) is 36.4 Å². The van der Waals surface area contributed by atoms with E-state index in [2.05, 4.69) is 92.6 Å². The SMILES string of the molecule is CCC(C)(C)c1ccc(-c2c(C(C)(C)CC)ccc(OP(O)O)c2C(C)(C)CC)cc1. The molecule has 0 radical (unpaired) electrons. The van der Waals surface area contributed by atoms with Crippen LogP contribution in [-0.4, -0.2) is 9.79 Å². The first-order chi connectivity index (χ1) is 14.3. The maximum absolute atomic E-state index is 9.66. The average molecular weight is 445 g/mol. The molecule has 0 heterocycles. The third-order valence-electron chi connectivity index (χ3n) is 7.36. The lowest BCUT2D eigenvalue weighted by Crippen LogP contribution is -2.23. The third kappa shape index (κ3) is 5.51. The Morgan fingerprint density at radius 3 is 1.68 bits per heavy atom. The van der Waals surface area contributed by atoms with E-state index in [9.17, 15) is 9.79 Å². The molecule has 0 aliphatic heterocycles. The van der Waals surface area contributed by atoms with Crippen molar-refractivity contribution >= 4 is 8.60 Å². The van der Waals surface area contributed by atoms with Gasteiger partial charge in [-0.2, -0.15) is 0 Å². The first kappa shape index (κ1) is 25.8. The number of hydrogen-bond donors (Lipinski definition) is 2. The van der Waals surface area contributed by atoms with E-state index in [1.165, 1.54) is 11.1 Å². The van der Waals surface area contributed by atoms with E-state index in [0.717, 1.165) is 36.0 Å². The largest absolute Gasteiger partial charge is 0.427 e. The van der Waals surface area contributed by atoms with E-state index in [-0.39, 0.29) is 16.2 Å². The van der Waals surface area contributed by atoms with Crippen LogP contribution >= 0.6 is 8.60 Å². The highest BCUT2D eigenvalue weighted by atomic mass is 31.2. The Kier molecular flexibility index (Phi) is 8.01. The van der Waals surface area contributed by atoms with Crippen LogP contribution in [0.4, 0.5) is 0 Å². The maximum atomic E-state index is 9.66. The second kappa shape index (κ2) is 9.61. The van der Waals surface area contributed by atoms with Gasteiger partial charge in [0.25, 0.3) is 0 Å². The molecule has 4 heteroatoms. The lowest BCUT2D eigenvalue weighted by Gasteiger charge is -2.35. The molecule has 0 amide bonds. The smallest absolute Gasteiger partial charge is 0.391 e. The van der Waals surface area contributed by atoms with Crippen LogP contribution < -0.4 is 4.52 Å². The van der Waals surface area contributed by atoms with Crippen molar-refractivity contribution in [2.24, 2.45) is 0 Å². The molecule has 0 atom stereocenters. The van der Waals surface area contributed by atoms with Gasteiger partial charge in [0.05, 0.1) is 0 Å². The van der Waals surface area contributed by atoms with E-state index in [1.54, 1.807) is 0 Å². The second-order valence-corrected chi connectivity index (χ2v) is 11.2. The third-order valence-corrected chi connectivity index (χ3v) is 7.72. The van der Waals surface area contributed by atoms with Gasteiger partial charge >= 0.3 is 8.60 Å². The molecule has 0 spiro atoms. The molecule has 0 fully saturated rings. The van der Waals surface area contributed by atoms with Gasteiger partial charge in [-0.15, -0.1) is 0 Å². The van der Waals surface area contributed by atoms with Gasteiger partial charge in [-0.3, -0.25) is 0 Å². The summed E-state index contributed by atoms with van der Waals surface area (Å²) in [5.41, 5.74) is 5.85. The van der Waals surface area contributed by atoms with Crippen molar-refractivity contribution in [3.05, 3.63) is 53.1 Å². The number of rotatable bonds is 9. The van der Waals surface area contributed by atoms with Gasteiger partial charge in [0.2, 0.25) is 0 Å². The van der Waals surface area contributed by atoms with Crippen LogP contribution in [0.25, 0.3) is 11.1 Å². The highest BCUT2D eigenvalue weighted by Crippen LogP contribution is 2.49. The van der Waals surface area contributed by atoms with Crippen molar-refractivity contribution < 1.29 is 14.3 Å². The predicted octanol–water partition coefficient (Wildman–Crippen LogP) is 8.01. The van der Waals surface area contributed by atoms with E-state index in [4.69, 9.17) is 4.52 Å².